The molecule has 0 aromatic heterocycles. The second-order valence-corrected chi connectivity index (χ2v) is 3.28. The lowest BCUT2D eigenvalue weighted by molar-refractivity contribution is -0.117. The Bertz CT molecular complexity index is 426. The maximum atomic E-state index is 13.5. The smallest absolute Gasteiger partial charge is 0.218 e. The Morgan fingerprint density at radius 3 is 2.94 bits per heavy atom. The van der Waals surface area contributed by atoms with Crippen LogP contribution in [0.3, 0.4) is 0 Å². The SMILES string of the molecule is N#Cc1cccc(CNCCC(N)=O)c1F. The van der Waals surface area contributed by atoms with Crippen molar-refractivity contribution >= 4 is 5.91 Å². The number of nitrogens with two attached hydrogens (primary N) is 1. The zero-order chi connectivity index (χ0) is 12.0. The molecule has 0 atom stereocenters. The number of hydrogen-bond donors (Lipinski definition) is 2. The van der Waals surface area contributed by atoms with Crippen molar-refractivity contribution in [3.8, 4) is 6.07 Å². The molecule has 0 aliphatic carbocycles. The van der Waals surface area contributed by atoms with Crippen LogP contribution in [0.5, 0.6) is 0 Å². The van der Waals surface area contributed by atoms with Gasteiger partial charge >= 0.3 is 0 Å². The summed E-state index contributed by atoms with van der Waals surface area (Å²) < 4.78 is 13.5. The second kappa shape index (κ2) is 5.83. The average molecular weight is 221 g/mol. The fourth-order valence-electron chi connectivity index (χ4n) is 1.24. The Kier molecular flexibility index (Phi) is 4.42. The maximum Gasteiger partial charge on any atom is 0.218 e. The molecule has 1 rings (SSSR count). The van der Waals surface area contributed by atoms with Crippen LogP contribution in [-0.2, 0) is 11.3 Å². The molecule has 0 heterocycles. The van der Waals surface area contributed by atoms with Crippen molar-refractivity contribution in [3.05, 3.63) is 35.1 Å². The minimum Gasteiger partial charge on any atom is -0.370 e. The molecule has 84 valence electrons. The molecular weight excluding hydrogens is 209 g/mol. The summed E-state index contributed by atoms with van der Waals surface area (Å²) in [4.78, 5) is 10.4. The Morgan fingerprint density at radius 1 is 1.56 bits per heavy atom. The molecule has 0 aliphatic heterocycles. The number of carbonyl (C=O) groups is 1. The van der Waals surface area contributed by atoms with Crippen molar-refractivity contribution in [2.24, 2.45) is 5.73 Å². The van der Waals surface area contributed by atoms with E-state index in [-0.39, 0.29) is 18.5 Å². The standard InChI is InChI=1S/C11H12FN3O/c12-11-8(6-13)2-1-3-9(11)7-15-5-4-10(14)16/h1-3,15H,4-5,7H2,(H2,14,16). The van der Waals surface area contributed by atoms with Gasteiger partial charge in [-0.3, -0.25) is 4.79 Å². The van der Waals surface area contributed by atoms with Gasteiger partial charge in [-0.15, -0.1) is 0 Å². The number of hydrogen-bond acceptors (Lipinski definition) is 3. The van der Waals surface area contributed by atoms with E-state index in [0.717, 1.165) is 0 Å². The molecule has 0 aliphatic rings. The third kappa shape index (κ3) is 3.33. The van der Waals surface area contributed by atoms with E-state index in [2.05, 4.69) is 5.32 Å². The van der Waals surface area contributed by atoms with E-state index in [1.165, 1.54) is 6.07 Å². The lowest BCUT2D eigenvalue weighted by Gasteiger charge is -2.05. The molecule has 1 aromatic carbocycles. The normalized spacial score (nSPS) is 9.75. The summed E-state index contributed by atoms with van der Waals surface area (Å²) in [6.07, 6.45) is 0.208. The predicted molar refractivity (Wildman–Crippen MR) is 56.6 cm³/mol. The highest BCUT2D eigenvalue weighted by Gasteiger charge is 2.06. The molecule has 5 heteroatoms. The molecule has 0 spiro atoms. The molecule has 0 saturated carbocycles. The van der Waals surface area contributed by atoms with E-state index in [4.69, 9.17) is 11.0 Å². The fraction of sp³-hybridized carbons (Fsp3) is 0.273. The summed E-state index contributed by atoms with van der Waals surface area (Å²) in [6, 6.07) is 6.39. The molecule has 1 amide bonds. The third-order valence-corrected chi connectivity index (χ3v) is 2.06. The van der Waals surface area contributed by atoms with Crippen LogP contribution >= 0.6 is 0 Å². The zero-order valence-corrected chi connectivity index (χ0v) is 8.66. The van der Waals surface area contributed by atoms with Crippen molar-refractivity contribution in [1.29, 1.82) is 5.26 Å². The maximum absolute atomic E-state index is 13.5. The van der Waals surface area contributed by atoms with Crippen molar-refractivity contribution in [3.63, 3.8) is 0 Å². The van der Waals surface area contributed by atoms with Gasteiger partial charge in [0.2, 0.25) is 5.91 Å². The Labute approximate surface area is 92.9 Å². The van der Waals surface area contributed by atoms with Gasteiger partial charge in [-0.2, -0.15) is 5.26 Å². The number of nitriles is 1. The highest BCUT2D eigenvalue weighted by molar-refractivity contribution is 5.73. The van der Waals surface area contributed by atoms with E-state index in [1.54, 1.807) is 18.2 Å². The second-order valence-electron chi connectivity index (χ2n) is 3.28. The molecule has 0 bridgehead atoms. The number of benzene rings is 1. The van der Waals surface area contributed by atoms with Gasteiger partial charge in [-0.25, -0.2) is 4.39 Å². The zero-order valence-electron chi connectivity index (χ0n) is 8.66. The molecule has 0 radical (unpaired) electrons. The number of carbonyl (C=O) groups excluding carboxylic acids is 1. The first-order valence-electron chi connectivity index (χ1n) is 4.81. The largest absolute Gasteiger partial charge is 0.370 e. The van der Waals surface area contributed by atoms with Gasteiger partial charge < -0.3 is 11.1 Å². The molecule has 0 saturated heterocycles. The number of nitrogens with one attached hydrogen (secondary N) is 1. The number of nitrogens with zero attached hydrogens (tertiary/aromatic N) is 1. The van der Waals surface area contributed by atoms with Crippen molar-refractivity contribution < 1.29 is 9.18 Å². The number of amides is 1. The minimum absolute atomic E-state index is 0.0224. The predicted octanol–water partition coefficient (Wildman–Crippen LogP) is 0.662. The van der Waals surface area contributed by atoms with Crippen molar-refractivity contribution in [2.75, 3.05) is 6.54 Å². The van der Waals surface area contributed by atoms with Gasteiger partial charge in [0.15, 0.2) is 0 Å². The van der Waals surface area contributed by atoms with Crippen LogP contribution in [0.15, 0.2) is 18.2 Å². The summed E-state index contributed by atoms with van der Waals surface area (Å²) >= 11 is 0. The molecule has 1 aromatic rings. The van der Waals surface area contributed by atoms with Gasteiger partial charge in [-0.05, 0) is 6.07 Å². The van der Waals surface area contributed by atoms with Crippen LogP contribution in [0.1, 0.15) is 17.5 Å². The summed E-state index contributed by atoms with van der Waals surface area (Å²) in [6.45, 7) is 0.667. The van der Waals surface area contributed by atoms with Gasteiger partial charge in [0.05, 0.1) is 5.56 Å². The highest BCUT2D eigenvalue weighted by Crippen LogP contribution is 2.11. The Morgan fingerprint density at radius 2 is 2.31 bits per heavy atom. The Balaban J connectivity index is 2.55. The van der Waals surface area contributed by atoms with Crippen molar-refractivity contribution in [1.82, 2.24) is 5.32 Å². The monoisotopic (exact) mass is 221 g/mol. The first-order valence-corrected chi connectivity index (χ1v) is 4.81. The van der Waals surface area contributed by atoms with Gasteiger partial charge in [0.25, 0.3) is 0 Å². The molecule has 4 nitrogen and oxygen atoms in total. The first kappa shape index (κ1) is 12.1. The molecule has 16 heavy (non-hydrogen) atoms. The summed E-state index contributed by atoms with van der Waals surface area (Å²) in [7, 11) is 0. The third-order valence-electron chi connectivity index (χ3n) is 2.06. The van der Waals surface area contributed by atoms with Crippen LogP contribution in [0, 0.1) is 17.1 Å². The molecule has 0 fully saturated rings. The van der Waals surface area contributed by atoms with Gasteiger partial charge in [0, 0.05) is 25.1 Å². The van der Waals surface area contributed by atoms with Crippen LogP contribution in [0.2, 0.25) is 0 Å². The van der Waals surface area contributed by atoms with Crippen LogP contribution in [0.4, 0.5) is 4.39 Å². The average Bonchev–Trinajstić information content (AvgIpc) is 2.26. The summed E-state index contributed by atoms with van der Waals surface area (Å²) in [5.41, 5.74) is 5.38. The topological polar surface area (TPSA) is 78.9 Å². The first-order chi connectivity index (χ1) is 7.65. The number of rotatable bonds is 5. The minimum atomic E-state index is -0.517. The molecular formula is C11H12FN3O. The number of primary amides is 1. The van der Waals surface area contributed by atoms with E-state index in [9.17, 15) is 9.18 Å². The van der Waals surface area contributed by atoms with E-state index in [1.807, 2.05) is 0 Å². The Hall–Kier alpha value is -1.93. The highest BCUT2D eigenvalue weighted by atomic mass is 19.1. The van der Waals surface area contributed by atoms with Gasteiger partial charge in [-0.1, -0.05) is 12.1 Å². The fourth-order valence-corrected chi connectivity index (χ4v) is 1.24. The van der Waals surface area contributed by atoms with Crippen molar-refractivity contribution in [2.45, 2.75) is 13.0 Å². The van der Waals surface area contributed by atoms with E-state index < -0.39 is 11.7 Å². The molecule has 0 unspecified atom stereocenters. The lowest BCUT2D eigenvalue weighted by atomic mass is 10.1. The van der Waals surface area contributed by atoms with Crippen LogP contribution < -0.4 is 11.1 Å². The quantitative estimate of drug-likeness (QED) is 0.717. The van der Waals surface area contributed by atoms with Gasteiger partial charge in [0.1, 0.15) is 11.9 Å². The lowest BCUT2D eigenvalue weighted by Crippen LogP contribution is -2.22. The van der Waals surface area contributed by atoms with Crippen LogP contribution in [-0.4, -0.2) is 12.5 Å². The van der Waals surface area contributed by atoms with E-state index in [0.29, 0.717) is 12.1 Å². The summed E-state index contributed by atoms with van der Waals surface area (Å²) in [5, 5.41) is 11.5. The van der Waals surface area contributed by atoms with Crippen LogP contribution in [0.25, 0.3) is 0 Å². The number of halogens is 1. The molecule has 3 N–H and O–H groups in total. The van der Waals surface area contributed by atoms with E-state index >= 15 is 0 Å². The summed E-state index contributed by atoms with van der Waals surface area (Å²) in [5.74, 6) is -0.921.